The fourth-order valence-corrected chi connectivity index (χ4v) is 2.03. The molecule has 0 spiro atoms. The van der Waals surface area contributed by atoms with Crippen LogP contribution in [0.25, 0.3) is 11.1 Å². The zero-order valence-electron chi connectivity index (χ0n) is 7.30. The second-order valence-electron chi connectivity index (χ2n) is 2.91. The average molecular weight is 311 g/mol. The van der Waals surface area contributed by atoms with Crippen molar-refractivity contribution in [1.29, 1.82) is 0 Å². The molecule has 0 bridgehead atoms. The minimum Gasteiger partial charge on any atom is -0.0616 e. The highest BCUT2D eigenvalue weighted by molar-refractivity contribution is 9.10. The molecule has 2 aromatic carbocycles. The topological polar surface area (TPSA) is 0 Å². The van der Waals surface area contributed by atoms with Gasteiger partial charge in [-0.2, -0.15) is 0 Å². The van der Waals surface area contributed by atoms with E-state index in [2.05, 4.69) is 50.1 Å². The lowest BCUT2D eigenvalue weighted by atomic mass is 10.1. The molecule has 0 aliphatic heterocycles. The summed E-state index contributed by atoms with van der Waals surface area (Å²) in [6.07, 6.45) is 0. The molecule has 14 heavy (non-hydrogen) atoms. The molecule has 0 saturated carbocycles. The van der Waals surface area contributed by atoms with Crippen LogP contribution < -0.4 is 0 Å². The Morgan fingerprint density at radius 2 is 1.71 bits per heavy atom. The predicted molar refractivity (Wildman–Crippen MR) is 66.1 cm³/mol. The number of halogens is 2. The molecular formula is C12H7Br2. The maximum atomic E-state index is 3.53. The quantitative estimate of drug-likeness (QED) is 0.717. The molecule has 0 unspecified atom stereocenters. The summed E-state index contributed by atoms with van der Waals surface area (Å²) in [5.41, 5.74) is 2.36. The highest BCUT2D eigenvalue weighted by atomic mass is 79.9. The Kier molecular flexibility index (Phi) is 3.04. The van der Waals surface area contributed by atoms with E-state index in [0.717, 1.165) is 8.95 Å². The molecular weight excluding hydrogens is 304 g/mol. The number of hydrogen-bond acceptors (Lipinski definition) is 0. The number of hydrogen-bond donors (Lipinski definition) is 0. The van der Waals surface area contributed by atoms with Crippen molar-refractivity contribution >= 4 is 31.9 Å². The van der Waals surface area contributed by atoms with Gasteiger partial charge in [-0.3, -0.25) is 0 Å². The third-order valence-electron chi connectivity index (χ3n) is 1.96. The first-order valence-corrected chi connectivity index (χ1v) is 5.78. The minimum absolute atomic E-state index is 0.980. The highest BCUT2D eigenvalue weighted by Gasteiger charge is 2.00. The summed E-state index contributed by atoms with van der Waals surface area (Å²) in [4.78, 5) is 0. The van der Waals surface area contributed by atoms with Crippen molar-refractivity contribution < 1.29 is 0 Å². The molecule has 0 atom stereocenters. The van der Waals surface area contributed by atoms with Crippen LogP contribution in [-0.2, 0) is 0 Å². The Hall–Kier alpha value is -0.600. The predicted octanol–water partition coefficient (Wildman–Crippen LogP) is 4.68. The Bertz CT molecular complexity index is 432. The summed E-state index contributed by atoms with van der Waals surface area (Å²) >= 11 is 6.90. The normalized spacial score (nSPS) is 10.1. The van der Waals surface area contributed by atoms with E-state index in [-0.39, 0.29) is 0 Å². The molecule has 2 heteroatoms. The first-order valence-electron chi connectivity index (χ1n) is 4.19. The summed E-state index contributed by atoms with van der Waals surface area (Å²) < 4.78 is 2.09. The van der Waals surface area contributed by atoms with Gasteiger partial charge in [-0.15, -0.1) is 0 Å². The van der Waals surface area contributed by atoms with E-state index < -0.39 is 0 Å². The maximum absolute atomic E-state index is 3.53. The molecule has 0 aromatic heterocycles. The number of benzene rings is 2. The van der Waals surface area contributed by atoms with Gasteiger partial charge in [-0.05, 0) is 35.4 Å². The third kappa shape index (κ3) is 2.07. The van der Waals surface area contributed by atoms with Gasteiger partial charge in [-0.1, -0.05) is 56.1 Å². The zero-order chi connectivity index (χ0) is 9.97. The molecule has 0 N–H and O–H groups in total. The van der Waals surface area contributed by atoms with Gasteiger partial charge in [0.1, 0.15) is 0 Å². The summed E-state index contributed by atoms with van der Waals surface area (Å²) in [5, 5.41) is 0. The van der Waals surface area contributed by atoms with E-state index in [0.29, 0.717) is 0 Å². The van der Waals surface area contributed by atoms with E-state index >= 15 is 0 Å². The van der Waals surface area contributed by atoms with Crippen LogP contribution in [0.2, 0.25) is 0 Å². The van der Waals surface area contributed by atoms with Crippen LogP contribution in [0.3, 0.4) is 0 Å². The molecule has 0 aliphatic carbocycles. The molecule has 0 fully saturated rings. The zero-order valence-corrected chi connectivity index (χ0v) is 10.5. The molecule has 2 aromatic rings. The standard InChI is InChI=1S/C12H7Br2/c13-10-7-5-9(6-8-10)11-3-1-2-4-12(11)14/h1-7H. The van der Waals surface area contributed by atoms with Gasteiger partial charge >= 0.3 is 0 Å². The highest BCUT2D eigenvalue weighted by Crippen LogP contribution is 2.28. The average Bonchev–Trinajstić information content (AvgIpc) is 2.20. The van der Waals surface area contributed by atoms with Gasteiger partial charge < -0.3 is 0 Å². The van der Waals surface area contributed by atoms with Crippen LogP contribution in [-0.4, -0.2) is 0 Å². The van der Waals surface area contributed by atoms with E-state index in [4.69, 9.17) is 0 Å². The second kappa shape index (κ2) is 4.28. The third-order valence-corrected chi connectivity index (χ3v) is 3.14. The van der Waals surface area contributed by atoms with Crippen LogP contribution in [0, 0.1) is 6.07 Å². The lowest BCUT2D eigenvalue weighted by Crippen LogP contribution is -1.78. The fourth-order valence-electron chi connectivity index (χ4n) is 1.27. The van der Waals surface area contributed by atoms with Crippen LogP contribution in [0.1, 0.15) is 0 Å². The Morgan fingerprint density at radius 1 is 0.929 bits per heavy atom. The van der Waals surface area contributed by atoms with Crippen molar-refractivity contribution in [3.8, 4) is 11.1 Å². The van der Waals surface area contributed by atoms with Gasteiger partial charge in [-0.25, -0.2) is 0 Å². The smallest absolute Gasteiger partial charge is 0.0254 e. The number of rotatable bonds is 1. The van der Waals surface area contributed by atoms with Crippen LogP contribution in [0.5, 0.6) is 0 Å². The lowest BCUT2D eigenvalue weighted by Gasteiger charge is -2.03. The van der Waals surface area contributed by atoms with E-state index in [1.165, 1.54) is 11.1 Å². The van der Waals surface area contributed by atoms with E-state index in [1.807, 2.05) is 30.3 Å². The minimum atomic E-state index is 0.980. The van der Waals surface area contributed by atoms with E-state index in [1.54, 1.807) is 0 Å². The molecule has 2 rings (SSSR count). The molecule has 0 nitrogen and oxygen atoms in total. The van der Waals surface area contributed by atoms with Gasteiger partial charge in [0.05, 0.1) is 0 Å². The maximum Gasteiger partial charge on any atom is 0.0254 e. The molecule has 0 amide bonds. The van der Waals surface area contributed by atoms with Gasteiger partial charge in [0.25, 0.3) is 0 Å². The second-order valence-corrected chi connectivity index (χ2v) is 4.61. The summed E-state index contributed by atoms with van der Waals surface area (Å²) in [6.45, 7) is 0. The van der Waals surface area contributed by atoms with Gasteiger partial charge in [0.15, 0.2) is 0 Å². The van der Waals surface area contributed by atoms with Crippen molar-refractivity contribution in [2.45, 2.75) is 0 Å². The fraction of sp³-hybridized carbons (Fsp3) is 0. The van der Waals surface area contributed by atoms with E-state index in [9.17, 15) is 0 Å². The lowest BCUT2D eigenvalue weighted by molar-refractivity contribution is 1.56. The van der Waals surface area contributed by atoms with Gasteiger partial charge in [0, 0.05) is 8.95 Å². The Balaban J connectivity index is 2.50. The largest absolute Gasteiger partial charge is 0.0616 e. The molecule has 0 heterocycles. The van der Waals surface area contributed by atoms with Crippen LogP contribution in [0.15, 0.2) is 51.4 Å². The summed E-state index contributed by atoms with van der Waals surface area (Å²) in [7, 11) is 0. The molecule has 69 valence electrons. The summed E-state index contributed by atoms with van der Waals surface area (Å²) in [5.74, 6) is 0. The molecule has 0 saturated heterocycles. The van der Waals surface area contributed by atoms with Crippen LogP contribution in [0.4, 0.5) is 0 Å². The van der Waals surface area contributed by atoms with Crippen molar-refractivity contribution in [2.75, 3.05) is 0 Å². The van der Waals surface area contributed by atoms with Crippen molar-refractivity contribution in [2.24, 2.45) is 0 Å². The summed E-state index contributed by atoms with van der Waals surface area (Å²) in [6, 6.07) is 17.3. The van der Waals surface area contributed by atoms with Gasteiger partial charge in [0.2, 0.25) is 0 Å². The molecule has 1 radical (unpaired) electrons. The Morgan fingerprint density at radius 3 is 2.36 bits per heavy atom. The van der Waals surface area contributed by atoms with Crippen molar-refractivity contribution in [1.82, 2.24) is 0 Å². The SMILES string of the molecule is Brc1[c]cc(-c2ccccc2Br)cc1. The first-order chi connectivity index (χ1) is 6.77. The Labute approximate surface area is 100 Å². The van der Waals surface area contributed by atoms with Crippen molar-refractivity contribution in [3.63, 3.8) is 0 Å². The van der Waals surface area contributed by atoms with Crippen molar-refractivity contribution in [3.05, 3.63) is 57.5 Å². The first kappa shape index (κ1) is 9.94. The monoisotopic (exact) mass is 309 g/mol. The molecule has 0 aliphatic rings. The van der Waals surface area contributed by atoms with Crippen LogP contribution >= 0.6 is 31.9 Å².